The Balaban J connectivity index is 1.63. The lowest BCUT2D eigenvalue weighted by Crippen LogP contribution is -2.27. The van der Waals surface area contributed by atoms with Crippen molar-refractivity contribution in [2.24, 2.45) is 0 Å². The van der Waals surface area contributed by atoms with E-state index in [1.165, 1.54) is 22.3 Å². The van der Waals surface area contributed by atoms with Gasteiger partial charge in [-0.3, -0.25) is 9.55 Å². The predicted molar refractivity (Wildman–Crippen MR) is 109 cm³/mol. The second kappa shape index (κ2) is 7.69. The minimum Gasteiger partial charge on any atom is -0.291 e. The molecule has 1 aliphatic carbocycles. The first-order chi connectivity index (χ1) is 13.1. The van der Waals surface area contributed by atoms with Crippen molar-refractivity contribution in [3.8, 4) is 0 Å². The number of nitrogens with zero attached hydrogens (tertiary/aromatic N) is 3. The van der Waals surface area contributed by atoms with Crippen LogP contribution >= 0.6 is 11.8 Å². The highest BCUT2D eigenvalue weighted by Gasteiger charge is 2.22. The summed E-state index contributed by atoms with van der Waals surface area (Å²) in [5.74, 6) is 0.846. The fourth-order valence-electron chi connectivity index (χ4n) is 3.64. The van der Waals surface area contributed by atoms with Crippen molar-refractivity contribution in [3.63, 3.8) is 0 Å². The summed E-state index contributed by atoms with van der Waals surface area (Å²) in [5.41, 5.74) is 7.16. The van der Waals surface area contributed by atoms with Crippen molar-refractivity contribution >= 4 is 11.8 Å². The quantitative estimate of drug-likeness (QED) is 0.496. The van der Waals surface area contributed by atoms with Gasteiger partial charge in [0.05, 0.1) is 6.54 Å². The molecule has 138 valence electrons. The van der Waals surface area contributed by atoms with Crippen LogP contribution in [0.4, 0.5) is 0 Å². The van der Waals surface area contributed by atoms with Gasteiger partial charge in [-0.1, -0.05) is 29.8 Å². The lowest BCUT2D eigenvalue weighted by atomic mass is 10.1. The molecule has 0 bridgehead atoms. The standard InChI is InChI=1S/C22H23N3OS/c1-15-8-9-16(2)18(11-15)14-27-21-19-6-3-7-20(19)25(22(26)24-21)13-17-5-4-10-23-12-17/h4-5,8-12H,3,6-7,13-14H2,1-2H3. The number of thioether (sulfide) groups is 1. The molecule has 0 unspecified atom stereocenters. The molecule has 0 aliphatic heterocycles. The van der Waals surface area contributed by atoms with Crippen LogP contribution in [0.1, 0.15) is 39.9 Å². The van der Waals surface area contributed by atoms with Crippen molar-refractivity contribution in [1.29, 1.82) is 0 Å². The SMILES string of the molecule is Cc1ccc(C)c(CSc2nc(=O)n(Cc3cccnc3)c3c2CCC3)c1. The van der Waals surface area contributed by atoms with E-state index in [1.54, 1.807) is 18.0 Å². The number of pyridine rings is 1. The van der Waals surface area contributed by atoms with Crippen molar-refractivity contribution < 1.29 is 0 Å². The molecular formula is C22H23N3OS. The van der Waals surface area contributed by atoms with Crippen LogP contribution in [-0.2, 0) is 25.1 Å². The van der Waals surface area contributed by atoms with Crippen LogP contribution in [0.25, 0.3) is 0 Å². The molecule has 4 rings (SSSR count). The van der Waals surface area contributed by atoms with Gasteiger partial charge in [-0.05, 0) is 55.9 Å². The number of hydrogen-bond acceptors (Lipinski definition) is 4. The Kier molecular flexibility index (Phi) is 5.12. The predicted octanol–water partition coefficient (Wildman–Crippen LogP) is 4.08. The molecule has 0 radical (unpaired) electrons. The maximum atomic E-state index is 12.8. The highest BCUT2D eigenvalue weighted by molar-refractivity contribution is 7.98. The molecular weight excluding hydrogens is 354 g/mol. The third-order valence-corrected chi connectivity index (χ3v) is 6.20. The van der Waals surface area contributed by atoms with E-state index in [1.807, 2.05) is 22.9 Å². The normalized spacial score (nSPS) is 13.0. The minimum absolute atomic E-state index is 0.150. The molecule has 0 spiro atoms. The number of hydrogen-bond donors (Lipinski definition) is 0. The molecule has 0 saturated heterocycles. The van der Waals surface area contributed by atoms with Gasteiger partial charge < -0.3 is 0 Å². The smallest absolute Gasteiger partial charge is 0.291 e. The van der Waals surface area contributed by atoms with Crippen LogP contribution in [0.15, 0.2) is 52.5 Å². The third kappa shape index (κ3) is 3.83. The summed E-state index contributed by atoms with van der Waals surface area (Å²) in [6.45, 7) is 4.80. The number of aryl methyl sites for hydroxylation is 2. The van der Waals surface area contributed by atoms with Gasteiger partial charge in [0.1, 0.15) is 5.03 Å². The van der Waals surface area contributed by atoms with E-state index in [2.05, 4.69) is 42.0 Å². The number of fused-ring (bicyclic) bond motifs is 1. The molecule has 1 aromatic carbocycles. The van der Waals surface area contributed by atoms with Gasteiger partial charge in [0.2, 0.25) is 0 Å². The molecule has 0 saturated carbocycles. The molecule has 0 atom stereocenters. The van der Waals surface area contributed by atoms with E-state index >= 15 is 0 Å². The van der Waals surface area contributed by atoms with Crippen molar-refractivity contribution in [2.45, 2.75) is 50.4 Å². The zero-order valence-corrected chi connectivity index (χ0v) is 16.6. The Labute approximate surface area is 163 Å². The molecule has 3 aromatic rings. The van der Waals surface area contributed by atoms with Crippen LogP contribution < -0.4 is 5.69 Å². The van der Waals surface area contributed by atoms with Gasteiger partial charge in [0.15, 0.2) is 0 Å². The summed E-state index contributed by atoms with van der Waals surface area (Å²) in [4.78, 5) is 21.4. The highest BCUT2D eigenvalue weighted by atomic mass is 32.2. The van der Waals surface area contributed by atoms with E-state index in [4.69, 9.17) is 0 Å². The van der Waals surface area contributed by atoms with Crippen molar-refractivity contribution in [2.75, 3.05) is 0 Å². The topological polar surface area (TPSA) is 47.8 Å². The molecule has 0 N–H and O–H groups in total. The number of rotatable bonds is 5. The molecule has 2 heterocycles. The van der Waals surface area contributed by atoms with Crippen molar-refractivity contribution in [1.82, 2.24) is 14.5 Å². The van der Waals surface area contributed by atoms with Gasteiger partial charge in [-0.2, -0.15) is 4.98 Å². The van der Waals surface area contributed by atoms with E-state index in [0.29, 0.717) is 6.54 Å². The summed E-state index contributed by atoms with van der Waals surface area (Å²) in [5, 5.41) is 0.913. The molecule has 4 nitrogen and oxygen atoms in total. The summed E-state index contributed by atoms with van der Waals surface area (Å²) in [6.07, 6.45) is 6.61. The zero-order chi connectivity index (χ0) is 18.8. The number of aromatic nitrogens is 3. The second-order valence-corrected chi connectivity index (χ2v) is 8.11. The molecule has 2 aromatic heterocycles. The first-order valence-corrected chi connectivity index (χ1v) is 10.3. The van der Waals surface area contributed by atoms with E-state index < -0.39 is 0 Å². The molecule has 0 fully saturated rings. The van der Waals surface area contributed by atoms with E-state index in [-0.39, 0.29) is 5.69 Å². The first-order valence-electron chi connectivity index (χ1n) is 9.32. The van der Waals surface area contributed by atoms with Gasteiger partial charge in [0.25, 0.3) is 0 Å². The van der Waals surface area contributed by atoms with Gasteiger partial charge in [-0.15, -0.1) is 11.8 Å². The van der Waals surface area contributed by atoms with Crippen LogP contribution in [0, 0.1) is 13.8 Å². The van der Waals surface area contributed by atoms with Gasteiger partial charge >= 0.3 is 5.69 Å². The molecule has 5 heteroatoms. The largest absolute Gasteiger partial charge is 0.349 e. The first kappa shape index (κ1) is 18.0. The van der Waals surface area contributed by atoms with Crippen LogP contribution in [0.5, 0.6) is 0 Å². The lowest BCUT2D eigenvalue weighted by Gasteiger charge is -2.14. The Hall–Kier alpha value is -2.40. The molecule has 1 aliphatic rings. The monoisotopic (exact) mass is 377 g/mol. The maximum Gasteiger partial charge on any atom is 0.349 e. The van der Waals surface area contributed by atoms with Crippen LogP contribution in [0.2, 0.25) is 0 Å². The molecule has 27 heavy (non-hydrogen) atoms. The van der Waals surface area contributed by atoms with E-state index in [9.17, 15) is 4.79 Å². The molecule has 0 amide bonds. The summed E-state index contributed by atoms with van der Waals surface area (Å²) >= 11 is 1.69. The van der Waals surface area contributed by atoms with Crippen LogP contribution in [-0.4, -0.2) is 14.5 Å². The summed E-state index contributed by atoms with van der Waals surface area (Å²) in [6, 6.07) is 10.4. The Morgan fingerprint density at radius 1 is 1.19 bits per heavy atom. The fourth-order valence-corrected chi connectivity index (χ4v) is 4.78. The highest BCUT2D eigenvalue weighted by Crippen LogP contribution is 2.32. The lowest BCUT2D eigenvalue weighted by molar-refractivity contribution is 0.665. The minimum atomic E-state index is -0.150. The van der Waals surface area contributed by atoms with Crippen molar-refractivity contribution in [3.05, 3.63) is 86.7 Å². The van der Waals surface area contributed by atoms with Gasteiger partial charge in [0, 0.05) is 29.4 Å². The summed E-state index contributed by atoms with van der Waals surface area (Å²) < 4.78 is 1.83. The second-order valence-electron chi connectivity index (χ2n) is 7.14. The van der Waals surface area contributed by atoms with E-state index in [0.717, 1.165) is 41.3 Å². The van der Waals surface area contributed by atoms with Crippen LogP contribution in [0.3, 0.4) is 0 Å². The third-order valence-electron chi connectivity index (χ3n) is 5.13. The fraction of sp³-hybridized carbons (Fsp3) is 0.318. The zero-order valence-electron chi connectivity index (χ0n) is 15.7. The Morgan fingerprint density at radius 3 is 2.89 bits per heavy atom. The van der Waals surface area contributed by atoms with Gasteiger partial charge in [-0.25, -0.2) is 4.79 Å². The maximum absolute atomic E-state index is 12.8. The summed E-state index contributed by atoms with van der Waals surface area (Å²) in [7, 11) is 0. The average Bonchev–Trinajstić information content (AvgIpc) is 3.16. The Morgan fingerprint density at radius 2 is 2.07 bits per heavy atom. The average molecular weight is 378 g/mol. The number of benzene rings is 1. The Bertz CT molecular complexity index is 1030.